The van der Waals surface area contributed by atoms with Crippen molar-refractivity contribution in [1.29, 1.82) is 0 Å². The molecule has 22 heavy (non-hydrogen) atoms. The SMILES string of the molecule is CSc1cccc(C(=O)NNc2nc3c(Br)cccc3s2)c1. The molecule has 7 heteroatoms. The number of nitrogens with zero attached hydrogens (tertiary/aromatic N) is 1. The number of rotatable bonds is 4. The minimum Gasteiger partial charge on any atom is -0.273 e. The molecule has 0 aliphatic heterocycles. The van der Waals surface area contributed by atoms with Crippen molar-refractivity contribution in [3.63, 3.8) is 0 Å². The maximum atomic E-state index is 12.2. The number of benzene rings is 2. The Hall–Kier alpha value is -1.57. The molecule has 2 N–H and O–H groups in total. The Balaban J connectivity index is 1.73. The van der Waals surface area contributed by atoms with Crippen LogP contribution in [-0.2, 0) is 0 Å². The Bertz CT molecular complexity index is 835. The van der Waals surface area contributed by atoms with Gasteiger partial charge in [0, 0.05) is 14.9 Å². The predicted octanol–water partition coefficient (Wildman–Crippen LogP) is 4.54. The van der Waals surface area contributed by atoms with Crippen molar-refractivity contribution >= 4 is 60.3 Å². The van der Waals surface area contributed by atoms with Crippen molar-refractivity contribution in [2.24, 2.45) is 0 Å². The van der Waals surface area contributed by atoms with Crippen molar-refractivity contribution in [1.82, 2.24) is 10.4 Å². The van der Waals surface area contributed by atoms with E-state index >= 15 is 0 Å². The number of para-hydroxylation sites is 1. The summed E-state index contributed by atoms with van der Waals surface area (Å²) in [5, 5.41) is 0.649. The van der Waals surface area contributed by atoms with E-state index in [-0.39, 0.29) is 5.91 Å². The number of amides is 1. The second-order valence-electron chi connectivity index (χ2n) is 4.42. The second kappa shape index (κ2) is 6.68. The average molecular weight is 394 g/mol. The smallest absolute Gasteiger partial charge is 0.269 e. The Labute approximate surface area is 144 Å². The van der Waals surface area contributed by atoms with Crippen molar-refractivity contribution in [3.05, 3.63) is 52.5 Å². The van der Waals surface area contributed by atoms with Crippen LogP contribution < -0.4 is 10.9 Å². The van der Waals surface area contributed by atoms with Gasteiger partial charge in [0.2, 0.25) is 5.13 Å². The molecule has 112 valence electrons. The minimum absolute atomic E-state index is 0.186. The fraction of sp³-hybridized carbons (Fsp3) is 0.0667. The molecule has 1 amide bonds. The number of carbonyl (C=O) groups excluding carboxylic acids is 1. The molecular formula is C15H12BrN3OS2. The summed E-state index contributed by atoms with van der Waals surface area (Å²) in [6, 6.07) is 13.4. The lowest BCUT2D eigenvalue weighted by Crippen LogP contribution is -2.29. The molecular weight excluding hydrogens is 382 g/mol. The van der Waals surface area contributed by atoms with Crippen LogP contribution in [0.5, 0.6) is 0 Å². The van der Waals surface area contributed by atoms with Crippen molar-refractivity contribution in [2.75, 3.05) is 11.7 Å². The van der Waals surface area contributed by atoms with Crippen LogP contribution in [0.4, 0.5) is 5.13 Å². The normalized spacial score (nSPS) is 10.6. The largest absolute Gasteiger partial charge is 0.273 e. The lowest BCUT2D eigenvalue weighted by atomic mass is 10.2. The third kappa shape index (κ3) is 3.26. The topological polar surface area (TPSA) is 54.0 Å². The molecule has 0 saturated heterocycles. The van der Waals surface area contributed by atoms with E-state index < -0.39 is 0 Å². The monoisotopic (exact) mass is 393 g/mol. The summed E-state index contributed by atoms with van der Waals surface area (Å²) in [6.45, 7) is 0. The van der Waals surface area contributed by atoms with Crippen LogP contribution in [0.15, 0.2) is 51.8 Å². The van der Waals surface area contributed by atoms with Gasteiger partial charge in [0.15, 0.2) is 0 Å². The van der Waals surface area contributed by atoms with Gasteiger partial charge in [-0.2, -0.15) is 0 Å². The number of carbonyl (C=O) groups is 1. The van der Waals surface area contributed by atoms with E-state index in [2.05, 4.69) is 31.8 Å². The molecule has 0 aliphatic rings. The van der Waals surface area contributed by atoms with Gasteiger partial charge in [0.1, 0.15) is 0 Å². The van der Waals surface area contributed by atoms with Gasteiger partial charge in [-0.3, -0.25) is 15.6 Å². The lowest BCUT2D eigenvalue weighted by molar-refractivity contribution is 0.0962. The van der Waals surface area contributed by atoms with E-state index in [0.717, 1.165) is 19.6 Å². The van der Waals surface area contributed by atoms with E-state index in [1.54, 1.807) is 17.8 Å². The Morgan fingerprint density at radius 3 is 2.86 bits per heavy atom. The molecule has 0 unspecified atom stereocenters. The maximum Gasteiger partial charge on any atom is 0.269 e. The zero-order valence-electron chi connectivity index (χ0n) is 11.6. The van der Waals surface area contributed by atoms with Crippen LogP contribution in [0.2, 0.25) is 0 Å². The van der Waals surface area contributed by atoms with Gasteiger partial charge in [-0.05, 0) is 52.5 Å². The summed E-state index contributed by atoms with van der Waals surface area (Å²) >= 11 is 6.56. The van der Waals surface area contributed by atoms with E-state index in [1.165, 1.54) is 11.3 Å². The lowest BCUT2D eigenvalue weighted by Gasteiger charge is -2.06. The number of fused-ring (bicyclic) bond motifs is 1. The Morgan fingerprint density at radius 2 is 2.09 bits per heavy atom. The number of thiazole rings is 1. The highest BCUT2D eigenvalue weighted by atomic mass is 79.9. The molecule has 3 rings (SSSR count). The highest BCUT2D eigenvalue weighted by Crippen LogP contribution is 2.30. The first-order valence-electron chi connectivity index (χ1n) is 6.43. The summed E-state index contributed by atoms with van der Waals surface area (Å²) in [7, 11) is 0. The van der Waals surface area contributed by atoms with Gasteiger partial charge in [0.25, 0.3) is 5.91 Å². The van der Waals surface area contributed by atoms with Crippen molar-refractivity contribution in [3.8, 4) is 0 Å². The minimum atomic E-state index is -0.186. The molecule has 1 heterocycles. The van der Waals surface area contributed by atoms with Gasteiger partial charge >= 0.3 is 0 Å². The fourth-order valence-electron chi connectivity index (χ4n) is 1.92. The quantitative estimate of drug-likeness (QED) is 0.504. The summed E-state index contributed by atoms with van der Waals surface area (Å²) in [5.41, 5.74) is 7.05. The molecule has 1 aromatic heterocycles. The van der Waals surface area contributed by atoms with Gasteiger partial charge in [-0.25, -0.2) is 4.98 Å². The van der Waals surface area contributed by atoms with Gasteiger partial charge < -0.3 is 0 Å². The molecule has 0 fully saturated rings. The molecule has 0 radical (unpaired) electrons. The molecule has 4 nitrogen and oxygen atoms in total. The van der Waals surface area contributed by atoms with Crippen molar-refractivity contribution in [2.45, 2.75) is 4.90 Å². The van der Waals surface area contributed by atoms with Crippen LogP contribution >= 0.6 is 39.0 Å². The Kier molecular flexibility index (Phi) is 4.66. The van der Waals surface area contributed by atoms with E-state index in [1.807, 2.05) is 42.7 Å². The van der Waals surface area contributed by atoms with Crippen LogP contribution in [0.3, 0.4) is 0 Å². The highest BCUT2D eigenvalue weighted by molar-refractivity contribution is 9.10. The first kappa shape index (κ1) is 15.3. The Morgan fingerprint density at radius 1 is 1.27 bits per heavy atom. The number of aromatic nitrogens is 1. The molecule has 3 aromatic rings. The molecule has 0 bridgehead atoms. The third-order valence-electron chi connectivity index (χ3n) is 2.98. The summed E-state index contributed by atoms with van der Waals surface area (Å²) < 4.78 is 1.99. The van der Waals surface area contributed by atoms with Gasteiger partial charge in [-0.1, -0.05) is 23.5 Å². The fourth-order valence-corrected chi connectivity index (χ4v) is 3.81. The van der Waals surface area contributed by atoms with Crippen LogP contribution in [-0.4, -0.2) is 17.1 Å². The number of hydrogen-bond acceptors (Lipinski definition) is 5. The first-order valence-corrected chi connectivity index (χ1v) is 9.26. The maximum absolute atomic E-state index is 12.2. The number of halogens is 1. The number of anilines is 1. The summed E-state index contributed by atoms with van der Waals surface area (Å²) in [5.74, 6) is -0.186. The second-order valence-corrected chi connectivity index (χ2v) is 7.18. The highest BCUT2D eigenvalue weighted by Gasteiger charge is 2.09. The van der Waals surface area contributed by atoms with E-state index in [0.29, 0.717) is 10.7 Å². The first-order chi connectivity index (χ1) is 10.7. The number of thioether (sulfide) groups is 1. The number of nitrogens with one attached hydrogen (secondary N) is 2. The molecule has 0 saturated carbocycles. The number of hydrogen-bond donors (Lipinski definition) is 2. The van der Waals surface area contributed by atoms with E-state index in [4.69, 9.17) is 0 Å². The zero-order valence-corrected chi connectivity index (χ0v) is 14.8. The summed E-state index contributed by atoms with van der Waals surface area (Å²) in [6.07, 6.45) is 1.98. The van der Waals surface area contributed by atoms with Crippen molar-refractivity contribution < 1.29 is 4.79 Å². The number of hydrazine groups is 1. The van der Waals surface area contributed by atoms with Gasteiger partial charge in [-0.15, -0.1) is 11.8 Å². The van der Waals surface area contributed by atoms with E-state index in [9.17, 15) is 4.79 Å². The van der Waals surface area contributed by atoms with Crippen LogP contribution in [0.1, 0.15) is 10.4 Å². The van der Waals surface area contributed by atoms with Crippen LogP contribution in [0.25, 0.3) is 10.2 Å². The standard InChI is InChI=1S/C15H12BrN3OS2/c1-21-10-5-2-4-9(8-10)14(20)18-19-15-17-13-11(16)6-3-7-12(13)22-15/h2-8H,1H3,(H,17,19)(H,18,20). The van der Waals surface area contributed by atoms with Crippen LogP contribution in [0, 0.1) is 0 Å². The van der Waals surface area contributed by atoms with Gasteiger partial charge in [0.05, 0.1) is 10.2 Å². The zero-order chi connectivity index (χ0) is 15.5. The molecule has 0 spiro atoms. The molecule has 2 aromatic carbocycles. The average Bonchev–Trinajstić information content (AvgIpc) is 2.97. The molecule has 0 aliphatic carbocycles. The summed E-state index contributed by atoms with van der Waals surface area (Å²) in [4.78, 5) is 17.7. The predicted molar refractivity (Wildman–Crippen MR) is 96.6 cm³/mol. The third-order valence-corrected chi connectivity index (χ3v) is 5.29. The molecule has 0 atom stereocenters.